The van der Waals surface area contributed by atoms with E-state index < -0.39 is 0 Å². The molecule has 0 aromatic heterocycles. The Hall–Kier alpha value is -0.570. The van der Waals surface area contributed by atoms with E-state index in [0.717, 1.165) is 19.4 Å². The zero-order chi connectivity index (χ0) is 5.28. The van der Waals surface area contributed by atoms with Gasteiger partial charge in [-0.2, -0.15) is 0 Å². The van der Waals surface area contributed by atoms with E-state index in [4.69, 9.17) is 0 Å². The third-order valence-corrected chi connectivity index (χ3v) is 1.31. The third-order valence-electron chi connectivity index (χ3n) is 1.31. The van der Waals surface area contributed by atoms with E-state index in [2.05, 4.69) is 0 Å². The van der Waals surface area contributed by atoms with Crippen LogP contribution < -0.4 is 6.15 Å². The van der Waals surface area contributed by atoms with Crippen molar-refractivity contribution in [2.24, 2.45) is 0 Å². The molecule has 1 fully saturated rings. The van der Waals surface area contributed by atoms with E-state index in [9.17, 15) is 4.79 Å². The maximum absolute atomic E-state index is 10.5. The first-order valence-electron chi connectivity index (χ1n) is 2.54. The van der Waals surface area contributed by atoms with Gasteiger partial charge in [0.25, 0.3) is 0 Å². The zero-order valence-corrected chi connectivity index (χ0v) is 5.18. The smallest absolute Gasteiger partial charge is 0.222 e. The summed E-state index contributed by atoms with van der Waals surface area (Å²) in [6.45, 7) is 0.957. The molecule has 3 N–H and O–H groups in total. The first-order chi connectivity index (χ1) is 3.30. The minimum Gasteiger partial charge on any atom is -0.346 e. The Morgan fingerprint density at radius 3 is 2.38 bits per heavy atom. The van der Waals surface area contributed by atoms with Crippen LogP contribution in [0.2, 0.25) is 0 Å². The quantitative estimate of drug-likeness (QED) is 0.498. The molecule has 3 heteroatoms. The van der Waals surface area contributed by atoms with E-state index in [1.807, 2.05) is 7.05 Å². The molecule has 0 radical (unpaired) electrons. The summed E-state index contributed by atoms with van der Waals surface area (Å²) >= 11 is 0. The van der Waals surface area contributed by atoms with Gasteiger partial charge in [0.05, 0.1) is 0 Å². The van der Waals surface area contributed by atoms with Crippen molar-refractivity contribution in [1.82, 2.24) is 11.1 Å². The largest absolute Gasteiger partial charge is 0.346 e. The predicted octanol–water partition coefficient (Wildman–Crippen LogP) is 0.401. The van der Waals surface area contributed by atoms with Crippen molar-refractivity contribution in [2.45, 2.75) is 12.8 Å². The summed E-state index contributed by atoms with van der Waals surface area (Å²) in [6, 6.07) is 0. The SMILES string of the molecule is CN1CCCC1=O.N. The summed E-state index contributed by atoms with van der Waals surface area (Å²) < 4.78 is 0. The second-order valence-electron chi connectivity index (χ2n) is 1.92. The first-order valence-corrected chi connectivity index (χ1v) is 2.54. The summed E-state index contributed by atoms with van der Waals surface area (Å²) in [7, 11) is 1.84. The number of likely N-dealkylation sites (tertiary alicyclic amines) is 1. The van der Waals surface area contributed by atoms with Crippen molar-refractivity contribution >= 4 is 5.91 Å². The normalized spacial score (nSPS) is 18.6. The molecule has 1 aliphatic heterocycles. The molecule has 0 atom stereocenters. The molecule has 1 amide bonds. The van der Waals surface area contributed by atoms with Crippen LogP contribution in [0.1, 0.15) is 12.8 Å². The number of hydrogen-bond acceptors (Lipinski definition) is 2. The van der Waals surface area contributed by atoms with E-state index in [1.54, 1.807) is 4.90 Å². The fraction of sp³-hybridized carbons (Fsp3) is 0.800. The molecule has 1 saturated heterocycles. The van der Waals surface area contributed by atoms with Gasteiger partial charge in [-0.15, -0.1) is 0 Å². The summed E-state index contributed by atoms with van der Waals surface area (Å²) in [4.78, 5) is 12.3. The zero-order valence-electron chi connectivity index (χ0n) is 5.18. The van der Waals surface area contributed by atoms with Crippen LogP contribution in [-0.2, 0) is 4.79 Å². The van der Waals surface area contributed by atoms with Gasteiger partial charge in [-0.1, -0.05) is 0 Å². The monoisotopic (exact) mass is 116 g/mol. The van der Waals surface area contributed by atoms with Gasteiger partial charge in [0, 0.05) is 20.0 Å². The van der Waals surface area contributed by atoms with Crippen LogP contribution in [0.3, 0.4) is 0 Å². The van der Waals surface area contributed by atoms with Crippen molar-refractivity contribution < 1.29 is 4.79 Å². The maximum Gasteiger partial charge on any atom is 0.222 e. The van der Waals surface area contributed by atoms with Crippen molar-refractivity contribution in [3.05, 3.63) is 0 Å². The molecule has 0 bridgehead atoms. The number of carbonyl (C=O) groups excluding carboxylic acids is 1. The lowest BCUT2D eigenvalue weighted by Crippen LogP contribution is -2.17. The highest BCUT2D eigenvalue weighted by molar-refractivity contribution is 5.77. The Kier molecular flexibility index (Phi) is 2.48. The van der Waals surface area contributed by atoms with Crippen LogP contribution in [0, 0.1) is 0 Å². The van der Waals surface area contributed by atoms with Crippen molar-refractivity contribution in [3.8, 4) is 0 Å². The predicted molar refractivity (Wildman–Crippen MR) is 31.9 cm³/mol. The fourth-order valence-corrected chi connectivity index (χ4v) is 0.783. The maximum atomic E-state index is 10.5. The molecule has 8 heavy (non-hydrogen) atoms. The lowest BCUT2D eigenvalue weighted by Gasteiger charge is -2.03. The summed E-state index contributed by atoms with van der Waals surface area (Å²) in [6.07, 6.45) is 1.81. The molecule has 0 spiro atoms. The topological polar surface area (TPSA) is 55.3 Å². The van der Waals surface area contributed by atoms with Crippen molar-refractivity contribution in [1.29, 1.82) is 0 Å². The molecule has 3 nitrogen and oxygen atoms in total. The van der Waals surface area contributed by atoms with Crippen LogP contribution >= 0.6 is 0 Å². The average molecular weight is 116 g/mol. The van der Waals surface area contributed by atoms with E-state index in [1.165, 1.54) is 0 Å². The van der Waals surface area contributed by atoms with Crippen molar-refractivity contribution in [3.63, 3.8) is 0 Å². The molecule has 0 unspecified atom stereocenters. The summed E-state index contributed by atoms with van der Waals surface area (Å²) in [5.41, 5.74) is 0. The van der Waals surface area contributed by atoms with E-state index in [0.29, 0.717) is 5.91 Å². The highest BCUT2D eigenvalue weighted by Gasteiger charge is 2.14. The molecule has 48 valence electrons. The van der Waals surface area contributed by atoms with Crippen LogP contribution in [0.25, 0.3) is 0 Å². The van der Waals surface area contributed by atoms with Gasteiger partial charge in [-0.3, -0.25) is 4.79 Å². The Morgan fingerprint density at radius 2 is 2.25 bits per heavy atom. The highest BCUT2D eigenvalue weighted by Crippen LogP contribution is 2.04. The number of nitrogens with zero attached hydrogens (tertiary/aromatic N) is 1. The highest BCUT2D eigenvalue weighted by atomic mass is 16.2. The average Bonchev–Trinajstić information content (AvgIpc) is 1.91. The fourth-order valence-electron chi connectivity index (χ4n) is 0.783. The molecule has 0 aromatic carbocycles. The van der Waals surface area contributed by atoms with Gasteiger partial charge >= 0.3 is 0 Å². The summed E-state index contributed by atoms with van der Waals surface area (Å²) in [5, 5.41) is 0. The van der Waals surface area contributed by atoms with E-state index in [-0.39, 0.29) is 6.15 Å². The third kappa shape index (κ3) is 1.20. The van der Waals surface area contributed by atoms with Gasteiger partial charge in [0.1, 0.15) is 0 Å². The molecular formula is C5H12N2O. The molecule has 0 saturated carbocycles. The van der Waals surface area contributed by atoms with Gasteiger partial charge < -0.3 is 11.1 Å². The lowest BCUT2D eigenvalue weighted by atomic mass is 10.4. The Labute approximate surface area is 49.3 Å². The molecule has 0 aromatic rings. The second-order valence-corrected chi connectivity index (χ2v) is 1.92. The standard InChI is InChI=1S/C5H9NO.H3N/c1-6-4-2-3-5(6)7;/h2-4H2,1H3;1H3. The summed E-state index contributed by atoms with van der Waals surface area (Å²) in [5.74, 6) is 0.292. The molecular weight excluding hydrogens is 104 g/mol. The lowest BCUT2D eigenvalue weighted by molar-refractivity contribution is -0.126. The number of amides is 1. The number of hydrogen-bond donors (Lipinski definition) is 1. The first kappa shape index (κ1) is 7.43. The molecule has 0 aliphatic carbocycles. The molecule has 1 heterocycles. The minimum atomic E-state index is 0. The molecule has 1 rings (SSSR count). The van der Waals surface area contributed by atoms with Crippen LogP contribution in [0.5, 0.6) is 0 Å². The van der Waals surface area contributed by atoms with Crippen molar-refractivity contribution in [2.75, 3.05) is 13.6 Å². The Morgan fingerprint density at radius 1 is 1.62 bits per heavy atom. The number of carbonyl (C=O) groups is 1. The molecule has 1 aliphatic rings. The minimum absolute atomic E-state index is 0. The van der Waals surface area contributed by atoms with Gasteiger partial charge in [0.15, 0.2) is 0 Å². The van der Waals surface area contributed by atoms with Gasteiger partial charge in [-0.05, 0) is 6.42 Å². The number of rotatable bonds is 0. The van der Waals surface area contributed by atoms with Crippen LogP contribution in [-0.4, -0.2) is 24.4 Å². The second kappa shape index (κ2) is 2.67. The van der Waals surface area contributed by atoms with Gasteiger partial charge in [-0.25, -0.2) is 0 Å². The Bertz CT molecular complexity index is 92.4. The van der Waals surface area contributed by atoms with Crippen LogP contribution in [0.4, 0.5) is 0 Å². The van der Waals surface area contributed by atoms with Gasteiger partial charge in [0.2, 0.25) is 5.91 Å². The van der Waals surface area contributed by atoms with Crippen LogP contribution in [0.15, 0.2) is 0 Å². The van der Waals surface area contributed by atoms with E-state index >= 15 is 0 Å². The Balaban J connectivity index is 0.000000490.